The van der Waals surface area contributed by atoms with Gasteiger partial charge in [0.05, 0.1) is 16.6 Å². The van der Waals surface area contributed by atoms with E-state index in [0.29, 0.717) is 11.6 Å². The summed E-state index contributed by atoms with van der Waals surface area (Å²) in [5.41, 5.74) is 2.51. The Morgan fingerprint density at radius 2 is 1.35 bits per heavy atom. The maximum absolute atomic E-state index is 13.4. The summed E-state index contributed by atoms with van der Waals surface area (Å²) in [6, 6.07) is 24.8. The Bertz CT molecular complexity index is 1100. The molecule has 162 valence electrons. The first kappa shape index (κ1) is 22.6. The zero-order chi connectivity index (χ0) is 22.4. The van der Waals surface area contributed by atoms with Crippen LogP contribution in [0.25, 0.3) is 0 Å². The molecular formula is C25H28N2O3S. The molecule has 5 nitrogen and oxygen atoms in total. The summed E-state index contributed by atoms with van der Waals surface area (Å²) >= 11 is 0. The van der Waals surface area contributed by atoms with Gasteiger partial charge in [0.1, 0.15) is 6.54 Å². The van der Waals surface area contributed by atoms with E-state index < -0.39 is 10.0 Å². The molecule has 0 saturated carbocycles. The van der Waals surface area contributed by atoms with Gasteiger partial charge in [-0.15, -0.1) is 0 Å². The lowest BCUT2D eigenvalue weighted by molar-refractivity contribution is -0.120. The van der Waals surface area contributed by atoms with Crippen LogP contribution in [0, 0.1) is 0 Å². The lowest BCUT2D eigenvalue weighted by Crippen LogP contribution is -2.41. The van der Waals surface area contributed by atoms with Gasteiger partial charge in [-0.2, -0.15) is 0 Å². The van der Waals surface area contributed by atoms with E-state index >= 15 is 0 Å². The molecule has 0 aliphatic rings. The number of nitrogens with one attached hydrogen (secondary N) is 1. The van der Waals surface area contributed by atoms with Gasteiger partial charge >= 0.3 is 0 Å². The highest BCUT2D eigenvalue weighted by Crippen LogP contribution is 2.26. The van der Waals surface area contributed by atoms with Crippen LogP contribution in [0.15, 0.2) is 89.8 Å². The van der Waals surface area contributed by atoms with Crippen molar-refractivity contribution >= 4 is 21.6 Å². The number of benzene rings is 3. The Morgan fingerprint density at radius 1 is 0.806 bits per heavy atom. The standard InChI is InChI=1S/C25H28N2O3S/c1-19(2)21-14-16-23(17-15-21)27(31(29,30)24-12-8-5-9-13-24)18-25(28)26-20(3)22-10-6-4-7-11-22/h4-17,19-20H,18H2,1-3H3,(H,26,28)/t20-/m0/s1. The van der Waals surface area contributed by atoms with Crippen molar-refractivity contribution in [1.82, 2.24) is 5.32 Å². The van der Waals surface area contributed by atoms with Crippen LogP contribution < -0.4 is 9.62 Å². The van der Waals surface area contributed by atoms with E-state index in [9.17, 15) is 13.2 Å². The molecule has 1 atom stereocenters. The summed E-state index contributed by atoms with van der Waals surface area (Å²) in [7, 11) is -3.91. The number of hydrogen-bond donors (Lipinski definition) is 1. The topological polar surface area (TPSA) is 66.5 Å². The maximum Gasteiger partial charge on any atom is 0.264 e. The Hall–Kier alpha value is -3.12. The number of nitrogens with zero attached hydrogens (tertiary/aromatic N) is 1. The fourth-order valence-electron chi connectivity index (χ4n) is 3.30. The van der Waals surface area contributed by atoms with Crippen molar-refractivity contribution in [3.8, 4) is 0 Å². The molecule has 31 heavy (non-hydrogen) atoms. The number of anilines is 1. The number of carbonyl (C=O) groups is 1. The maximum atomic E-state index is 13.4. The largest absolute Gasteiger partial charge is 0.348 e. The van der Waals surface area contributed by atoms with Crippen LogP contribution in [-0.4, -0.2) is 20.9 Å². The van der Waals surface area contributed by atoms with Gasteiger partial charge in [-0.25, -0.2) is 8.42 Å². The second kappa shape index (κ2) is 9.79. The van der Waals surface area contributed by atoms with Crippen LogP contribution in [0.2, 0.25) is 0 Å². The van der Waals surface area contributed by atoms with E-state index in [0.717, 1.165) is 11.1 Å². The van der Waals surface area contributed by atoms with Crippen LogP contribution in [0.1, 0.15) is 43.9 Å². The van der Waals surface area contributed by atoms with E-state index in [2.05, 4.69) is 19.2 Å². The van der Waals surface area contributed by atoms with E-state index in [1.165, 1.54) is 16.4 Å². The highest BCUT2D eigenvalue weighted by molar-refractivity contribution is 7.92. The number of amides is 1. The summed E-state index contributed by atoms with van der Waals surface area (Å²) < 4.78 is 27.9. The lowest BCUT2D eigenvalue weighted by Gasteiger charge is -2.25. The molecule has 3 rings (SSSR count). The van der Waals surface area contributed by atoms with Gasteiger partial charge in [-0.3, -0.25) is 9.10 Å². The molecule has 0 aliphatic heterocycles. The summed E-state index contributed by atoms with van der Waals surface area (Å²) in [6.45, 7) is 5.72. The second-order valence-electron chi connectivity index (χ2n) is 7.77. The van der Waals surface area contributed by atoms with Gasteiger partial charge in [-0.05, 0) is 48.2 Å². The summed E-state index contributed by atoms with van der Waals surface area (Å²) in [6.07, 6.45) is 0. The SMILES string of the molecule is CC(C)c1ccc(N(CC(=O)N[C@@H](C)c2ccccc2)S(=O)(=O)c2ccccc2)cc1. The zero-order valence-electron chi connectivity index (χ0n) is 18.0. The molecule has 3 aromatic rings. The van der Waals surface area contributed by atoms with E-state index in [1.54, 1.807) is 30.3 Å². The Kier molecular flexibility index (Phi) is 7.13. The van der Waals surface area contributed by atoms with Crippen LogP contribution >= 0.6 is 0 Å². The average molecular weight is 437 g/mol. The van der Waals surface area contributed by atoms with Crippen molar-refractivity contribution in [2.75, 3.05) is 10.8 Å². The monoisotopic (exact) mass is 436 g/mol. The number of sulfonamides is 1. The minimum atomic E-state index is -3.91. The van der Waals surface area contributed by atoms with Crippen molar-refractivity contribution in [3.05, 3.63) is 96.1 Å². The van der Waals surface area contributed by atoms with Crippen molar-refractivity contribution < 1.29 is 13.2 Å². The molecule has 3 aromatic carbocycles. The molecule has 0 aliphatic carbocycles. The van der Waals surface area contributed by atoms with Gasteiger partial charge in [0.2, 0.25) is 5.91 Å². The minimum Gasteiger partial charge on any atom is -0.348 e. The highest BCUT2D eigenvalue weighted by Gasteiger charge is 2.27. The molecule has 0 fully saturated rings. The molecule has 0 spiro atoms. The lowest BCUT2D eigenvalue weighted by atomic mass is 10.0. The predicted octanol–water partition coefficient (Wildman–Crippen LogP) is 4.88. The fraction of sp³-hybridized carbons (Fsp3) is 0.240. The number of hydrogen-bond acceptors (Lipinski definition) is 3. The quantitative estimate of drug-likeness (QED) is 0.547. The normalized spacial score (nSPS) is 12.4. The predicted molar refractivity (Wildman–Crippen MR) is 125 cm³/mol. The van der Waals surface area contributed by atoms with Gasteiger partial charge < -0.3 is 5.32 Å². The van der Waals surface area contributed by atoms with E-state index in [-0.39, 0.29) is 23.4 Å². The Morgan fingerprint density at radius 3 is 1.90 bits per heavy atom. The molecule has 0 heterocycles. The van der Waals surface area contributed by atoms with Gasteiger partial charge in [-0.1, -0.05) is 74.5 Å². The zero-order valence-corrected chi connectivity index (χ0v) is 18.8. The third kappa shape index (κ3) is 5.52. The first-order valence-corrected chi connectivity index (χ1v) is 11.7. The van der Waals surface area contributed by atoms with Crippen molar-refractivity contribution in [3.63, 3.8) is 0 Å². The Labute approximate surface area is 184 Å². The van der Waals surface area contributed by atoms with E-state index in [1.807, 2.05) is 49.4 Å². The molecular weight excluding hydrogens is 408 g/mol. The minimum absolute atomic E-state index is 0.145. The first-order chi connectivity index (χ1) is 14.8. The third-order valence-corrected chi connectivity index (χ3v) is 6.93. The number of rotatable bonds is 8. The van der Waals surface area contributed by atoms with Crippen LogP contribution in [0.4, 0.5) is 5.69 Å². The Balaban J connectivity index is 1.89. The van der Waals surface area contributed by atoms with Crippen molar-refractivity contribution in [2.24, 2.45) is 0 Å². The van der Waals surface area contributed by atoms with Gasteiger partial charge in [0.25, 0.3) is 10.0 Å². The van der Waals surface area contributed by atoms with Crippen LogP contribution in [0.5, 0.6) is 0 Å². The summed E-state index contributed by atoms with van der Waals surface area (Å²) in [5.74, 6) is -0.0490. The van der Waals surface area contributed by atoms with Crippen molar-refractivity contribution in [2.45, 2.75) is 37.6 Å². The second-order valence-corrected chi connectivity index (χ2v) is 9.63. The fourth-order valence-corrected chi connectivity index (χ4v) is 4.74. The molecule has 0 radical (unpaired) electrons. The van der Waals surface area contributed by atoms with Crippen molar-refractivity contribution in [1.29, 1.82) is 0 Å². The third-order valence-electron chi connectivity index (χ3n) is 5.14. The number of carbonyl (C=O) groups excluding carboxylic acids is 1. The van der Waals surface area contributed by atoms with Crippen LogP contribution in [-0.2, 0) is 14.8 Å². The van der Waals surface area contributed by atoms with Gasteiger partial charge in [0, 0.05) is 0 Å². The average Bonchev–Trinajstić information content (AvgIpc) is 2.78. The molecule has 0 unspecified atom stereocenters. The van der Waals surface area contributed by atoms with E-state index in [4.69, 9.17) is 0 Å². The molecule has 0 bridgehead atoms. The molecule has 1 amide bonds. The smallest absolute Gasteiger partial charge is 0.264 e. The molecule has 0 saturated heterocycles. The first-order valence-electron chi connectivity index (χ1n) is 10.3. The summed E-state index contributed by atoms with van der Waals surface area (Å²) in [5, 5.41) is 2.90. The van der Waals surface area contributed by atoms with Gasteiger partial charge in [0.15, 0.2) is 0 Å². The highest BCUT2D eigenvalue weighted by atomic mass is 32.2. The van der Waals surface area contributed by atoms with Crippen LogP contribution in [0.3, 0.4) is 0 Å². The molecule has 6 heteroatoms. The summed E-state index contributed by atoms with van der Waals surface area (Å²) in [4.78, 5) is 13.0. The molecule has 1 N–H and O–H groups in total. The molecule has 0 aromatic heterocycles.